The minimum atomic E-state index is -0.0106. The molecule has 1 amide bonds. The maximum absolute atomic E-state index is 13.0. The van der Waals surface area contributed by atoms with E-state index in [1.807, 2.05) is 47.1 Å². The number of anilines is 1. The number of para-hydroxylation sites is 1. The minimum Gasteiger partial charge on any atom is -0.467 e. The third kappa shape index (κ3) is 4.21. The molecule has 1 aliphatic rings. The fourth-order valence-electron chi connectivity index (χ4n) is 3.35. The van der Waals surface area contributed by atoms with Crippen LogP contribution < -0.4 is 4.90 Å². The highest BCUT2D eigenvalue weighted by atomic mass is 32.2. The van der Waals surface area contributed by atoms with Crippen molar-refractivity contribution in [2.75, 3.05) is 10.7 Å². The van der Waals surface area contributed by atoms with Gasteiger partial charge < -0.3 is 9.32 Å². The number of carbonyl (C=O) groups excluding carboxylic acids is 1. The second kappa shape index (κ2) is 8.39. The molecule has 1 aromatic carbocycles. The molecule has 1 aliphatic carbocycles. The van der Waals surface area contributed by atoms with E-state index in [1.165, 1.54) is 24.6 Å². The van der Waals surface area contributed by atoms with E-state index in [9.17, 15) is 4.79 Å². The fraction of sp³-hybridized carbons (Fsp3) is 0.368. The summed E-state index contributed by atoms with van der Waals surface area (Å²) in [7, 11) is 0. The van der Waals surface area contributed by atoms with E-state index in [1.54, 1.807) is 11.2 Å². The summed E-state index contributed by atoms with van der Waals surface area (Å²) in [4.78, 5) is 14.7. The maximum atomic E-state index is 13.0. The highest BCUT2D eigenvalue weighted by molar-refractivity contribution is 7.99. The average Bonchev–Trinajstić information content (AvgIpc) is 3.47. The summed E-state index contributed by atoms with van der Waals surface area (Å²) in [5, 5.41) is 12.8. The van der Waals surface area contributed by atoms with Gasteiger partial charge in [-0.2, -0.15) is 0 Å². The van der Waals surface area contributed by atoms with Gasteiger partial charge in [0.1, 0.15) is 5.76 Å². The van der Waals surface area contributed by atoms with Gasteiger partial charge >= 0.3 is 0 Å². The normalized spacial score (nSPS) is 14.5. The van der Waals surface area contributed by atoms with Crippen LogP contribution in [0.15, 0.2) is 58.3 Å². The number of nitrogens with zero attached hydrogens (tertiary/aromatic N) is 5. The number of tetrazole rings is 1. The van der Waals surface area contributed by atoms with Crippen LogP contribution in [-0.4, -0.2) is 31.9 Å². The van der Waals surface area contributed by atoms with Crippen LogP contribution in [0.5, 0.6) is 0 Å². The SMILES string of the molecule is O=C(CSc1nnnn1C1CCCC1)N(Cc1ccco1)c1ccccc1. The van der Waals surface area contributed by atoms with Crippen molar-refractivity contribution in [3.63, 3.8) is 0 Å². The van der Waals surface area contributed by atoms with Gasteiger partial charge in [0.25, 0.3) is 0 Å². The first kappa shape index (κ1) is 17.8. The number of aromatic nitrogens is 4. The number of rotatable bonds is 7. The van der Waals surface area contributed by atoms with Crippen molar-refractivity contribution in [1.29, 1.82) is 0 Å². The van der Waals surface area contributed by atoms with Crippen molar-refractivity contribution >= 4 is 23.4 Å². The van der Waals surface area contributed by atoms with Gasteiger partial charge in [0.15, 0.2) is 0 Å². The first-order chi connectivity index (χ1) is 13.3. The van der Waals surface area contributed by atoms with Crippen LogP contribution in [-0.2, 0) is 11.3 Å². The lowest BCUT2D eigenvalue weighted by Gasteiger charge is -2.21. The fourth-order valence-corrected chi connectivity index (χ4v) is 4.17. The Kier molecular flexibility index (Phi) is 5.53. The second-order valence-corrected chi connectivity index (χ2v) is 7.47. The van der Waals surface area contributed by atoms with E-state index in [0.717, 1.165) is 24.3 Å². The van der Waals surface area contributed by atoms with Gasteiger partial charge in [-0.1, -0.05) is 42.8 Å². The molecule has 0 spiro atoms. The van der Waals surface area contributed by atoms with Gasteiger partial charge in [-0.05, 0) is 47.5 Å². The molecule has 3 aromatic rings. The van der Waals surface area contributed by atoms with Gasteiger partial charge in [0.05, 0.1) is 24.6 Å². The van der Waals surface area contributed by atoms with E-state index in [2.05, 4.69) is 15.5 Å². The lowest BCUT2D eigenvalue weighted by molar-refractivity contribution is -0.116. The molecule has 7 nitrogen and oxygen atoms in total. The van der Waals surface area contributed by atoms with Gasteiger partial charge in [0, 0.05) is 5.69 Å². The van der Waals surface area contributed by atoms with E-state index < -0.39 is 0 Å². The largest absolute Gasteiger partial charge is 0.467 e. The molecule has 0 radical (unpaired) electrons. The number of carbonyl (C=O) groups is 1. The Morgan fingerprint density at radius 3 is 2.74 bits per heavy atom. The smallest absolute Gasteiger partial charge is 0.237 e. The predicted molar refractivity (Wildman–Crippen MR) is 102 cm³/mol. The van der Waals surface area contributed by atoms with Gasteiger partial charge in [-0.3, -0.25) is 4.79 Å². The maximum Gasteiger partial charge on any atom is 0.237 e. The van der Waals surface area contributed by atoms with Crippen molar-refractivity contribution in [1.82, 2.24) is 20.2 Å². The van der Waals surface area contributed by atoms with Gasteiger partial charge in [-0.25, -0.2) is 4.68 Å². The first-order valence-electron chi connectivity index (χ1n) is 9.10. The van der Waals surface area contributed by atoms with Crippen LogP contribution >= 0.6 is 11.8 Å². The molecular weight excluding hydrogens is 362 g/mol. The summed E-state index contributed by atoms with van der Waals surface area (Å²) in [5.41, 5.74) is 0.842. The van der Waals surface area contributed by atoms with E-state index in [4.69, 9.17) is 4.42 Å². The third-order valence-electron chi connectivity index (χ3n) is 4.72. The Morgan fingerprint density at radius 2 is 2.00 bits per heavy atom. The van der Waals surface area contributed by atoms with Gasteiger partial charge in [0.2, 0.25) is 11.1 Å². The Morgan fingerprint density at radius 1 is 1.19 bits per heavy atom. The molecule has 4 rings (SSSR count). The molecule has 0 atom stereocenters. The Hall–Kier alpha value is -2.61. The highest BCUT2D eigenvalue weighted by Crippen LogP contribution is 2.31. The number of benzene rings is 1. The molecule has 27 heavy (non-hydrogen) atoms. The molecule has 2 aromatic heterocycles. The lowest BCUT2D eigenvalue weighted by atomic mass is 10.2. The molecule has 0 aliphatic heterocycles. The zero-order chi connectivity index (χ0) is 18.5. The standard InChI is InChI=1S/C19H21N5O2S/c25-18(14-27-19-20-21-22-24(19)16-9-4-5-10-16)23(13-17-11-6-12-26-17)15-7-2-1-3-8-15/h1-3,6-8,11-12,16H,4-5,9-10,13-14H2. The molecule has 2 heterocycles. The average molecular weight is 383 g/mol. The summed E-state index contributed by atoms with van der Waals surface area (Å²) in [6, 6.07) is 13.7. The van der Waals surface area contributed by atoms with Crippen LogP contribution in [0.2, 0.25) is 0 Å². The Labute approximate surface area is 161 Å². The quantitative estimate of drug-likeness (QED) is 0.579. The van der Waals surface area contributed by atoms with E-state index in [-0.39, 0.29) is 11.7 Å². The second-order valence-electron chi connectivity index (χ2n) is 6.53. The number of thioether (sulfide) groups is 1. The van der Waals surface area contributed by atoms with Crippen LogP contribution in [0.4, 0.5) is 5.69 Å². The van der Waals surface area contributed by atoms with Crippen LogP contribution in [0.1, 0.15) is 37.5 Å². The van der Waals surface area contributed by atoms with Gasteiger partial charge in [-0.15, -0.1) is 5.10 Å². The van der Waals surface area contributed by atoms with Crippen molar-refractivity contribution in [2.45, 2.75) is 43.4 Å². The van der Waals surface area contributed by atoms with Crippen molar-refractivity contribution in [3.8, 4) is 0 Å². The highest BCUT2D eigenvalue weighted by Gasteiger charge is 2.23. The first-order valence-corrected chi connectivity index (χ1v) is 10.1. The summed E-state index contributed by atoms with van der Waals surface area (Å²) < 4.78 is 7.31. The molecular formula is C19H21N5O2S. The van der Waals surface area contributed by atoms with E-state index >= 15 is 0 Å². The number of hydrogen-bond acceptors (Lipinski definition) is 6. The zero-order valence-electron chi connectivity index (χ0n) is 14.9. The molecule has 0 bridgehead atoms. The lowest BCUT2D eigenvalue weighted by Crippen LogP contribution is -2.31. The molecule has 0 N–H and O–H groups in total. The molecule has 0 unspecified atom stereocenters. The number of amides is 1. The zero-order valence-corrected chi connectivity index (χ0v) is 15.7. The number of furan rings is 1. The molecule has 8 heteroatoms. The third-order valence-corrected chi connectivity index (χ3v) is 5.64. The molecule has 1 saturated carbocycles. The topological polar surface area (TPSA) is 77.1 Å². The molecule has 1 fully saturated rings. The summed E-state index contributed by atoms with van der Waals surface area (Å²) in [5.74, 6) is 0.999. The van der Waals surface area contributed by atoms with E-state index in [0.29, 0.717) is 17.7 Å². The summed E-state index contributed by atoms with van der Waals surface area (Å²) in [6.45, 7) is 0.393. The number of hydrogen-bond donors (Lipinski definition) is 0. The van der Waals surface area contributed by atoms with Crippen LogP contribution in [0.3, 0.4) is 0 Å². The molecule has 140 valence electrons. The predicted octanol–water partition coefficient (Wildman–Crippen LogP) is 3.71. The van der Waals surface area contributed by atoms with Crippen LogP contribution in [0, 0.1) is 0 Å². The van der Waals surface area contributed by atoms with Crippen molar-refractivity contribution in [3.05, 3.63) is 54.5 Å². The Balaban J connectivity index is 1.46. The monoisotopic (exact) mass is 383 g/mol. The summed E-state index contributed by atoms with van der Waals surface area (Å²) in [6.07, 6.45) is 6.23. The molecule has 0 saturated heterocycles. The minimum absolute atomic E-state index is 0.0106. The van der Waals surface area contributed by atoms with Crippen molar-refractivity contribution in [2.24, 2.45) is 0 Å². The van der Waals surface area contributed by atoms with Crippen LogP contribution in [0.25, 0.3) is 0 Å². The Bertz CT molecular complexity index is 859. The summed E-state index contributed by atoms with van der Waals surface area (Å²) >= 11 is 1.39. The van der Waals surface area contributed by atoms with Crippen molar-refractivity contribution < 1.29 is 9.21 Å².